The molecule has 169 valence electrons. The van der Waals surface area contributed by atoms with Crippen LogP contribution in [0.15, 0.2) is 0 Å². The van der Waals surface area contributed by atoms with Crippen molar-refractivity contribution in [2.75, 3.05) is 34.8 Å². The largest absolute Gasteiger partial charge is 0.393 e. The van der Waals surface area contributed by atoms with Crippen molar-refractivity contribution in [3.8, 4) is 0 Å². The second kappa shape index (κ2) is 25.4. The van der Waals surface area contributed by atoms with E-state index < -0.39 is 15.2 Å². The Balaban J connectivity index is -0.0000000638. The molecule has 0 aliphatic carbocycles. The zero-order chi connectivity index (χ0) is 19.8. The van der Waals surface area contributed by atoms with Gasteiger partial charge in [-0.05, 0) is 26.7 Å². The van der Waals surface area contributed by atoms with Crippen molar-refractivity contribution in [1.82, 2.24) is 0 Å². The average molecular weight is 514 g/mol. The van der Waals surface area contributed by atoms with Gasteiger partial charge < -0.3 is 27.9 Å². The Labute approximate surface area is 193 Å². The van der Waals surface area contributed by atoms with Crippen molar-refractivity contribution in [2.45, 2.75) is 67.6 Å². The van der Waals surface area contributed by atoms with Gasteiger partial charge in [0.15, 0.2) is 7.60 Å². The summed E-state index contributed by atoms with van der Waals surface area (Å²) in [5.74, 6) is 0. The smallest absolute Gasteiger partial charge is 0.355 e. The molecule has 0 spiro atoms. The second-order valence-electron chi connectivity index (χ2n) is 4.72. The van der Waals surface area contributed by atoms with Gasteiger partial charge in [0, 0.05) is 61.1 Å². The normalized spacial score (nSPS) is 12.4. The number of aliphatic hydroxyl groups excluding tert-OH is 1. The molecule has 0 aromatic carbocycles. The first-order valence-corrected chi connectivity index (χ1v) is 11.0. The Bertz CT molecular complexity index is 354. The van der Waals surface area contributed by atoms with E-state index in [1.807, 2.05) is 20.8 Å². The van der Waals surface area contributed by atoms with Crippen LogP contribution in [0.5, 0.6) is 0 Å². The summed E-state index contributed by atoms with van der Waals surface area (Å²) in [6.45, 7) is 10.8. The maximum atomic E-state index is 11.4. The predicted molar refractivity (Wildman–Crippen MR) is 110 cm³/mol. The van der Waals surface area contributed by atoms with Gasteiger partial charge in [0.1, 0.15) is 6.35 Å². The van der Waals surface area contributed by atoms with Crippen LogP contribution in [0.2, 0.25) is 0 Å². The standard InChI is InChI=1S/C7H17O4P.C4H10O.C3H8O3P.2CH4.Y/c1-5-7(2)11-6-12(8,9-3)10-4;1-3-4(2)5;1-5-7(3,4)6-2;;;/h7H,5-6H2,1-4H3;4-5H,3H2,1-2H3;3H2,1-2H3;2*1H4;/q;;-1;;;. The third-order valence-corrected chi connectivity index (χ3v) is 5.49. The van der Waals surface area contributed by atoms with Crippen molar-refractivity contribution >= 4 is 15.2 Å². The van der Waals surface area contributed by atoms with Crippen molar-refractivity contribution < 1.29 is 69.8 Å². The molecule has 0 rings (SSSR count). The summed E-state index contributed by atoms with van der Waals surface area (Å²) >= 11 is 0. The van der Waals surface area contributed by atoms with Crippen LogP contribution < -0.4 is 0 Å². The van der Waals surface area contributed by atoms with Crippen LogP contribution in [0, 0.1) is 6.66 Å². The van der Waals surface area contributed by atoms with Gasteiger partial charge in [-0.2, -0.15) is 0 Å². The van der Waals surface area contributed by atoms with Gasteiger partial charge in [-0.3, -0.25) is 9.13 Å². The first-order valence-electron chi connectivity index (χ1n) is 7.53. The number of aliphatic hydroxyl groups is 1. The van der Waals surface area contributed by atoms with Gasteiger partial charge in [0.25, 0.3) is 0 Å². The molecule has 0 amide bonds. The molecular formula is C16H43O8P2Y-. The van der Waals surface area contributed by atoms with Crippen molar-refractivity contribution in [3.05, 3.63) is 6.66 Å². The van der Waals surface area contributed by atoms with Crippen molar-refractivity contribution in [3.63, 3.8) is 0 Å². The summed E-state index contributed by atoms with van der Waals surface area (Å²) < 4.78 is 45.0. The summed E-state index contributed by atoms with van der Waals surface area (Å²) in [6.07, 6.45) is 1.74. The fourth-order valence-electron chi connectivity index (χ4n) is 0.591. The van der Waals surface area contributed by atoms with Crippen LogP contribution >= 0.6 is 15.2 Å². The molecule has 0 aromatic rings. The van der Waals surface area contributed by atoms with Gasteiger partial charge in [-0.1, -0.05) is 28.7 Å². The minimum absolute atomic E-state index is 0. The fraction of sp³-hybridized carbons (Fsp3) is 0.938. The summed E-state index contributed by atoms with van der Waals surface area (Å²) in [7, 11) is -0.594. The number of hydrogen-bond donors (Lipinski definition) is 1. The Morgan fingerprint density at radius 3 is 1.37 bits per heavy atom. The monoisotopic (exact) mass is 514 g/mol. The number of ether oxygens (including phenoxy) is 1. The zero-order valence-electron chi connectivity index (χ0n) is 16.8. The van der Waals surface area contributed by atoms with Crippen LogP contribution in [-0.4, -0.2) is 52.1 Å². The Hall–Kier alpha value is 1.32. The molecule has 0 aromatic heterocycles. The fourth-order valence-corrected chi connectivity index (χ4v) is 1.54. The SMILES string of the molecule is C.C.CCC(C)O.CCC(C)OCP(=O)(OC)OC.[CH2-]P(=O)(OC)OC.[Y]. The van der Waals surface area contributed by atoms with E-state index in [9.17, 15) is 9.13 Å². The van der Waals surface area contributed by atoms with E-state index in [4.69, 9.17) is 18.9 Å². The Kier molecular flexibility index (Phi) is 39.9. The first kappa shape index (κ1) is 42.4. The maximum Gasteiger partial charge on any atom is 0.355 e. The zero-order valence-corrected chi connectivity index (χ0v) is 21.4. The molecule has 2 unspecified atom stereocenters. The van der Waals surface area contributed by atoms with Crippen LogP contribution in [0.3, 0.4) is 0 Å². The molecule has 0 aliphatic rings. The van der Waals surface area contributed by atoms with E-state index >= 15 is 0 Å². The number of rotatable bonds is 9. The van der Waals surface area contributed by atoms with Crippen molar-refractivity contribution in [1.29, 1.82) is 0 Å². The van der Waals surface area contributed by atoms with Crippen LogP contribution in [0.25, 0.3) is 0 Å². The first-order chi connectivity index (χ1) is 11.0. The van der Waals surface area contributed by atoms with E-state index in [1.165, 1.54) is 28.4 Å². The molecule has 1 N–H and O–H groups in total. The molecule has 0 heterocycles. The molecule has 2 atom stereocenters. The average Bonchev–Trinajstić information content (AvgIpc) is 2.60. The molecule has 1 radical (unpaired) electrons. The Morgan fingerprint density at radius 1 is 0.889 bits per heavy atom. The van der Waals surface area contributed by atoms with Gasteiger partial charge in [-0.25, -0.2) is 6.66 Å². The summed E-state index contributed by atoms with van der Waals surface area (Å²) in [5, 5.41) is 8.36. The molecule has 0 saturated carbocycles. The van der Waals surface area contributed by atoms with E-state index in [-0.39, 0.29) is 66.1 Å². The van der Waals surface area contributed by atoms with Crippen LogP contribution in [0.1, 0.15) is 55.4 Å². The maximum absolute atomic E-state index is 11.4. The third kappa shape index (κ3) is 32.2. The summed E-state index contributed by atoms with van der Waals surface area (Å²) in [5.41, 5.74) is 0. The summed E-state index contributed by atoms with van der Waals surface area (Å²) in [4.78, 5) is 0. The molecule has 27 heavy (non-hydrogen) atoms. The van der Waals surface area contributed by atoms with Gasteiger partial charge in [0.2, 0.25) is 0 Å². The van der Waals surface area contributed by atoms with E-state index in [1.54, 1.807) is 6.92 Å². The van der Waals surface area contributed by atoms with E-state index in [0.29, 0.717) is 0 Å². The van der Waals surface area contributed by atoms with Crippen LogP contribution in [0.4, 0.5) is 0 Å². The van der Waals surface area contributed by atoms with Gasteiger partial charge in [0.05, 0.1) is 12.2 Å². The minimum atomic E-state index is -2.97. The molecule has 0 aliphatic heterocycles. The molecule has 8 nitrogen and oxygen atoms in total. The van der Waals surface area contributed by atoms with Gasteiger partial charge in [-0.15, -0.1) is 0 Å². The second-order valence-corrected chi connectivity index (χ2v) is 8.89. The molecule has 11 heteroatoms. The van der Waals surface area contributed by atoms with Crippen molar-refractivity contribution in [2.24, 2.45) is 0 Å². The Morgan fingerprint density at radius 2 is 1.22 bits per heavy atom. The third-order valence-electron chi connectivity index (χ3n) is 2.80. The summed E-state index contributed by atoms with van der Waals surface area (Å²) in [6, 6.07) is 0. The molecular weight excluding hydrogens is 471 g/mol. The molecule has 0 saturated heterocycles. The van der Waals surface area contributed by atoms with E-state index in [0.717, 1.165) is 12.8 Å². The molecule has 0 bridgehead atoms. The topological polar surface area (TPSA) is 101 Å². The quantitative estimate of drug-likeness (QED) is 0.316. The van der Waals surface area contributed by atoms with Crippen LogP contribution in [-0.2, 0) is 64.7 Å². The molecule has 0 fully saturated rings. The number of hydrogen-bond acceptors (Lipinski definition) is 8. The predicted octanol–water partition coefficient (Wildman–Crippen LogP) is 5.56. The van der Waals surface area contributed by atoms with Gasteiger partial charge >= 0.3 is 7.60 Å². The minimum Gasteiger partial charge on any atom is -0.393 e. The van der Waals surface area contributed by atoms with E-state index in [2.05, 4.69) is 15.7 Å².